The number of rotatable bonds is 4. The maximum Gasteiger partial charge on any atom is 0.0762 e. The summed E-state index contributed by atoms with van der Waals surface area (Å²) in [5, 5.41) is 10.2. The molecule has 0 radical (unpaired) electrons. The van der Waals surface area contributed by atoms with Crippen LogP contribution in [0, 0.1) is 0 Å². The first-order valence-corrected chi connectivity index (χ1v) is 7.17. The standard InChI is InChI=1S/C15H15ClOS/c1-11(17)13-7-8-15(14(16)9-13)18-10-12-5-3-2-4-6-12/h2-9,11,17H,10H2,1H3/t11-/m1/s1. The molecule has 0 saturated carbocycles. The van der Waals surface area contributed by atoms with Crippen molar-refractivity contribution in [3.05, 3.63) is 64.7 Å². The number of aliphatic hydroxyl groups is 1. The molecule has 0 aromatic heterocycles. The van der Waals surface area contributed by atoms with Gasteiger partial charge in [-0.25, -0.2) is 0 Å². The molecule has 0 bridgehead atoms. The van der Waals surface area contributed by atoms with Crippen LogP contribution in [-0.4, -0.2) is 5.11 Å². The lowest BCUT2D eigenvalue weighted by Gasteiger charge is -2.09. The molecule has 2 aromatic carbocycles. The Morgan fingerprint density at radius 1 is 1.17 bits per heavy atom. The van der Waals surface area contributed by atoms with Crippen molar-refractivity contribution < 1.29 is 5.11 Å². The number of halogens is 1. The van der Waals surface area contributed by atoms with E-state index in [4.69, 9.17) is 11.6 Å². The summed E-state index contributed by atoms with van der Waals surface area (Å²) in [7, 11) is 0. The van der Waals surface area contributed by atoms with Gasteiger partial charge in [0.25, 0.3) is 0 Å². The van der Waals surface area contributed by atoms with E-state index in [-0.39, 0.29) is 0 Å². The first-order valence-electron chi connectivity index (χ1n) is 5.81. The Morgan fingerprint density at radius 3 is 2.50 bits per heavy atom. The van der Waals surface area contributed by atoms with Gasteiger partial charge in [-0.3, -0.25) is 0 Å². The van der Waals surface area contributed by atoms with E-state index in [1.165, 1.54) is 5.56 Å². The van der Waals surface area contributed by atoms with Crippen molar-refractivity contribution in [3.63, 3.8) is 0 Å². The van der Waals surface area contributed by atoms with Gasteiger partial charge in [0.15, 0.2) is 0 Å². The van der Waals surface area contributed by atoms with Crippen LogP contribution < -0.4 is 0 Å². The second kappa shape index (κ2) is 6.28. The molecular weight excluding hydrogens is 264 g/mol. The third-order valence-electron chi connectivity index (χ3n) is 2.68. The highest BCUT2D eigenvalue weighted by atomic mass is 35.5. The van der Waals surface area contributed by atoms with Gasteiger partial charge in [0.05, 0.1) is 11.1 Å². The van der Waals surface area contributed by atoms with Gasteiger partial charge < -0.3 is 5.11 Å². The maximum atomic E-state index is 9.48. The molecule has 1 nitrogen and oxygen atoms in total. The number of hydrogen-bond donors (Lipinski definition) is 1. The van der Waals surface area contributed by atoms with Gasteiger partial charge in [0, 0.05) is 10.6 Å². The van der Waals surface area contributed by atoms with Crippen LogP contribution in [-0.2, 0) is 5.75 Å². The van der Waals surface area contributed by atoms with Gasteiger partial charge in [-0.15, -0.1) is 11.8 Å². The van der Waals surface area contributed by atoms with Gasteiger partial charge in [-0.1, -0.05) is 48.0 Å². The smallest absolute Gasteiger partial charge is 0.0762 e. The number of benzene rings is 2. The summed E-state index contributed by atoms with van der Waals surface area (Å²) in [4.78, 5) is 1.05. The zero-order valence-corrected chi connectivity index (χ0v) is 11.7. The van der Waals surface area contributed by atoms with Crippen LogP contribution in [0.3, 0.4) is 0 Å². The lowest BCUT2D eigenvalue weighted by Crippen LogP contribution is -1.91. The fourth-order valence-corrected chi connectivity index (χ4v) is 2.86. The van der Waals surface area contributed by atoms with Crippen molar-refractivity contribution in [3.8, 4) is 0 Å². The zero-order valence-electron chi connectivity index (χ0n) is 10.1. The molecule has 3 heteroatoms. The first kappa shape index (κ1) is 13.5. The predicted molar refractivity (Wildman–Crippen MR) is 78.1 cm³/mol. The molecule has 0 aliphatic heterocycles. The molecule has 0 unspecified atom stereocenters. The summed E-state index contributed by atoms with van der Waals surface area (Å²) in [6, 6.07) is 16.0. The molecule has 94 valence electrons. The zero-order chi connectivity index (χ0) is 13.0. The Hall–Kier alpha value is -0.960. The van der Waals surface area contributed by atoms with Crippen LogP contribution >= 0.6 is 23.4 Å². The molecule has 0 aliphatic rings. The molecule has 0 aliphatic carbocycles. The predicted octanol–water partition coefficient (Wildman–Crippen LogP) is 4.69. The summed E-state index contributed by atoms with van der Waals surface area (Å²) < 4.78 is 0. The molecule has 2 rings (SSSR count). The van der Waals surface area contributed by atoms with Gasteiger partial charge in [0.1, 0.15) is 0 Å². The molecule has 0 fully saturated rings. The quantitative estimate of drug-likeness (QED) is 0.819. The molecule has 0 saturated heterocycles. The average Bonchev–Trinajstić information content (AvgIpc) is 2.38. The summed E-state index contributed by atoms with van der Waals surface area (Å²) in [6.07, 6.45) is -0.476. The summed E-state index contributed by atoms with van der Waals surface area (Å²) in [5.41, 5.74) is 2.13. The van der Waals surface area contributed by atoms with E-state index in [0.29, 0.717) is 5.02 Å². The van der Waals surface area contributed by atoms with Crippen molar-refractivity contribution >= 4 is 23.4 Å². The number of aliphatic hydroxyl groups excluding tert-OH is 1. The van der Waals surface area contributed by atoms with Crippen LogP contribution in [0.1, 0.15) is 24.2 Å². The van der Waals surface area contributed by atoms with E-state index in [1.54, 1.807) is 18.7 Å². The summed E-state index contributed by atoms with van der Waals surface area (Å²) >= 11 is 7.91. The maximum absolute atomic E-state index is 9.48. The third-order valence-corrected chi connectivity index (χ3v) is 4.24. The molecule has 1 N–H and O–H groups in total. The third kappa shape index (κ3) is 3.52. The highest BCUT2D eigenvalue weighted by Crippen LogP contribution is 2.31. The van der Waals surface area contributed by atoms with Crippen molar-refractivity contribution in [1.82, 2.24) is 0 Å². The van der Waals surface area contributed by atoms with Crippen LogP contribution in [0.25, 0.3) is 0 Å². The second-order valence-corrected chi connectivity index (χ2v) is 5.56. The van der Waals surface area contributed by atoms with Gasteiger partial charge in [-0.05, 0) is 30.2 Å². The average molecular weight is 279 g/mol. The van der Waals surface area contributed by atoms with Crippen LogP contribution in [0.5, 0.6) is 0 Å². The molecule has 1 atom stereocenters. The normalized spacial score (nSPS) is 12.4. The van der Waals surface area contributed by atoms with E-state index in [0.717, 1.165) is 16.2 Å². The summed E-state index contributed by atoms with van der Waals surface area (Å²) in [5.74, 6) is 0.897. The van der Waals surface area contributed by atoms with Gasteiger partial charge in [0.2, 0.25) is 0 Å². The molecule has 0 spiro atoms. The van der Waals surface area contributed by atoms with Gasteiger partial charge >= 0.3 is 0 Å². The lowest BCUT2D eigenvalue weighted by atomic mass is 10.1. The second-order valence-electron chi connectivity index (χ2n) is 4.14. The minimum Gasteiger partial charge on any atom is -0.389 e. The van der Waals surface area contributed by atoms with Gasteiger partial charge in [-0.2, -0.15) is 0 Å². The summed E-state index contributed by atoms with van der Waals surface area (Å²) in [6.45, 7) is 1.74. The number of thioether (sulfide) groups is 1. The van der Waals surface area contributed by atoms with E-state index in [9.17, 15) is 5.11 Å². The molecular formula is C15H15ClOS. The monoisotopic (exact) mass is 278 g/mol. The van der Waals surface area contributed by atoms with Crippen LogP contribution in [0.15, 0.2) is 53.4 Å². The van der Waals surface area contributed by atoms with E-state index >= 15 is 0 Å². The Balaban J connectivity index is 2.06. The topological polar surface area (TPSA) is 20.2 Å². The van der Waals surface area contributed by atoms with Crippen molar-refractivity contribution in [2.24, 2.45) is 0 Å². The van der Waals surface area contributed by atoms with Crippen LogP contribution in [0.2, 0.25) is 5.02 Å². The van der Waals surface area contributed by atoms with E-state index in [2.05, 4.69) is 12.1 Å². The Labute approximate surface area is 117 Å². The minimum absolute atomic E-state index is 0.476. The molecule has 2 aromatic rings. The van der Waals surface area contributed by atoms with Crippen molar-refractivity contribution in [1.29, 1.82) is 0 Å². The fraction of sp³-hybridized carbons (Fsp3) is 0.200. The number of hydrogen-bond acceptors (Lipinski definition) is 2. The Kier molecular flexibility index (Phi) is 4.70. The van der Waals surface area contributed by atoms with Crippen molar-refractivity contribution in [2.75, 3.05) is 0 Å². The van der Waals surface area contributed by atoms with E-state index in [1.807, 2.05) is 36.4 Å². The van der Waals surface area contributed by atoms with E-state index < -0.39 is 6.10 Å². The first-order chi connectivity index (χ1) is 8.66. The Morgan fingerprint density at radius 2 is 1.89 bits per heavy atom. The molecule has 18 heavy (non-hydrogen) atoms. The highest BCUT2D eigenvalue weighted by Gasteiger charge is 2.06. The minimum atomic E-state index is -0.476. The fourth-order valence-electron chi connectivity index (χ4n) is 1.63. The van der Waals surface area contributed by atoms with Crippen LogP contribution in [0.4, 0.5) is 0 Å². The van der Waals surface area contributed by atoms with Crippen molar-refractivity contribution in [2.45, 2.75) is 23.7 Å². The SMILES string of the molecule is C[C@@H](O)c1ccc(SCc2ccccc2)c(Cl)c1. The highest BCUT2D eigenvalue weighted by molar-refractivity contribution is 7.98. The molecule has 0 amide bonds. The molecule has 0 heterocycles. The largest absolute Gasteiger partial charge is 0.389 e. The Bertz CT molecular complexity index is 511. The lowest BCUT2D eigenvalue weighted by molar-refractivity contribution is 0.199.